The molecule has 6 fully saturated rings. The van der Waals surface area contributed by atoms with Crippen molar-refractivity contribution in [3.8, 4) is 0 Å². The van der Waals surface area contributed by atoms with Crippen LogP contribution in [0.25, 0.3) is 0 Å². The highest BCUT2D eigenvalue weighted by Crippen LogP contribution is 2.53. The van der Waals surface area contributed by atoms with Crippen LogP contribution >= 0.6 is 0 Å². The predicted octanol–water partition coefficient (Wildman–Crippen LogP) is 5.25. The normalized spacial score (nSPS) is 30.5. The molecule has 6 aliphatic rings. The Balaban J connectivity index is 0.000000106. The van der Waals surface area contributed by atoms with Crippen molar-refractivity contribution in [3.05, 3.63) is 0 Å². The van der Waals surface area contributed by atoms with Gasteiger partial charge in [-0.05, 0) is 109 Å². The molecule has 6 rings (SSSR count). The van der Waals surface area contributed by atoms with E-state index in [-0.39, 0.29) is 0 Å². The zero-order valence-corrected chi connectivity index (χ0v) is 20.5. The van der Waals surface area contributed by atoms with Crippen LogP contribution in [0.4, 0.5) is 0 Å². The van der Waals surface area contributed by atoms with Crippen LogP contribution in [-0.2, 0) is 0 Å². The lowest BCUT2D eigenvalue weighted by Gasteiger charge is -2.57. The van der Waals surface area contributed by atoms with Gasteiger partial charge >= 0.3 is 0 Å². The molecule has 0 atom stereocenters. The number of rotatable bonds is 3. The molecule has 0 aromatic carbocycles. The molecule has 0 aromatic rings. The largest absolute Gasteiger partial charge is 0.300 e. The van der Waals surface area contributed by atoms with E-state index in [1.807, 2.05) is 0 Å². The summed E-state index contributed by atoms with van der Waals surface area (Å²) in [7, 11) is 0. The van der Waals surface area contributed by atoms with Gasteiger partial charge in [0.25, 0.3) is 0 Å². The van der Waals surface area contributed by atoms with Crippen molar-refractivity contribution in [3.63, 3.8) is 0 Å². The third-order valence-corrected chi connectivity index (χ3v) is 9.14. The van der Waals surface area contributed by atoms with Crippen molar-refractivity contribution in [2.24, 2.45) is 16.2 Å². The first-order valence-corrected chi connectivity index (χ1v) is 12.9. The molecule has 3 aliphatic carbocycles. The quantitative estimate of drug-likeness (QED) is 0.637. The second-order valence-electron chi connectivity index (χ2n) is 12.7. The van der Waals surface area contributed by atoms with Gasteiger partial charge in [0.05, 0.1) is 0 Å². The minimum atomic E-state index is 0.778. The van der Waals surface area contributed by atoms with Gasteiger partial charge in [0.2, 0.25) is 0 Å². The predicted molar refractivity (Wildman–Crippen MR) is 124 cm³/mol. The fourth-order valence-electron chi connectivity index (χ4n) is 5.84. The molecule has 29 heavy (non-hydrogen) atoms. The van der Waals surface area contributed by atoms with Crippen LogP contribution in [0.5, 0.6) is 0 Å². The Bertz CT molecular complexity index is 538. The molecule has 3 heteroatoms. The Hall–Kier alpha value is -0.120. The van der Waals surface area contributed by atoms with E-state index in [1.54, 1.807) is 0 Å². The molecule has 3 saturated heterocycles. The Morgan fingerprint density at radius 1 is 0.448 bits per heavy atom. The van der Waals surface area contributed by atoms with E-state index < -0.39 is 0 Å². The number of hydrogen-bond acceptors (Lipinski definition) is 3. The molecule has 0 bridgehead atoms. The van der Waals surface area contributed by atoms with Crippen molar-refractivity contribution < 1.29 is 0 Å². The van der Waals surface area contributed by atoms with Crippen LogP contribution < -0.4 is 0 Å². The van der Waals surface area contributed by atoms with E-state index in [1.165, 1.54) is 90.6 Å². The van der Waals surface area contributed by atoms with E-state index in [9.17, 15) is 0 Å². The van der Waals surface area contributed by atoms with E-state index in [0.717, 1.165) is 34.4 Å². The lowest BCUT2D eigenvalue weighted by atomic mass is 9.63. The van der Waals surface area contributed by atoms with Crippen molar-refractivity contribution in [2.45, 2.75) is 111 Å². The number of nitrogens with zero attached hydrogens (tertiary/aromatic N) is 3. The van der Waals surface area contributed by atoms with Crippen LogP contribution in [0, 0.1) is 16.2 Å². The maximum Gasteiger partial charge on any atom is 0.00532 e. The van der Waals surface area contributed by atoms with Crippen molar-refractivity contribution in [1.29, 1.82) is 0 Å². The molecule has 0 radical (unpaired) electrons. The molecule has 0 amide bonds. The number of likely N-dealkylation sites (tertiary alicyclic amines) is 3. The van der Waals surface area contributed by atoms with Crippen molar-refractivity contribution >= 4 is 0 Å². The van der Waals surface area contributed by atoms with Crippen molar-refractivity contribution in [2.75, 3.05) is 39.3 Å². The van der Waals surface area contributed by atoms with Gasteiger partial charge in [0.15, 0.2) is 0 Å². The molecule has 3 heterocycles. The molecule has 3 spiro atoms. The molecule has 3 saturated carbocycles. The second kappa shape index (κ2) is 8.10. The SMILES string of the molecule is CC(C)N1CC2(CC2)C1.CC(C)N1CC2(CCC2)C1.CC(C)N1CCC2(CC2)C1. The minimum Gasteiger partial charge on any atom is -0.300 e. The maximum atomic E-state index is 2.62. The van der Waals surface area contributed by atoms with Crippen LogP contribution in [0.2, 0.25) is 0 Å². The summed E-state index contributed by atoms with van der Waals surface area (Å²) < 4.78 is 0. The van der Waals surface area contributed by atoms with Crippen LogP contribution in [0.1, 0.15) is 92.9 Å². The highest BCUT2D eigenvalue weighted by molar-refractivity contribution is 5.05. The Morgan fingerprint density at radius 3 is 1.07 bits per heavy atom. The second-order valence-corrected chi connectivity index (χ2v) is 12.7. The first-order chi connectivity index (χ1) is 13.7. The monoisotopic (exact) mass is 403 g/mol. The van der Waals surface area contributed by atoms with Gasteiger partial charge in [-0.25, -0.2) is 0 Å². The summed E-state index contributed by atoms with van der Waals surface area (Å²) in [5.41, 5.74) is 2.50. The average Bonchev–Trinajstić information content (AvgIpc) is 3.41. The standard InChI is InChI=1S/2C9H17N.C8H15N/c1-8(2)10-6-5-9(7-10)3-4-9;1-8(2)10-6-9(7-10)4-3-5-9;1-7(2)9-5-8(6-9)3-4-8/h2*8H,3-7H2,1-2H3;7H,3-6H2,1-2H3. The zero-order chi connectivity index (χ0) is 20.9. The highest BCUT2D eigenvalue weighted by Gasteiger charge is 2.52. The van der Waals surface area contributed by atoms with Gasteiger partial charge in [-0.2, -0.15) is 0 Å². The highest BCUT2D eigenvalue weighted by atomic mass is 15.2. The summed E-state index contributed by atoms with van der Waals surface area (Å²) in [5.74, 6) is 0. The molecular weight excluding hydrogens is 354 g/mol. The van der Waals surface area contributed by atoms with E-state index in [2.05, 4.69) is 56.2 Å². The Kier molecular flexibility index (Phi) is 6.17. The van der Waals surface area contributed by atoms with Gasteiger partial charge < -0.3 is 4.90 Å². The molecule has 0 aromatic heterocycles. The smallest absolute Gasteiger partial charge is 0.00532 e. The summed E-state index contributed by atoms with van der Waals surface area (Å²) in [6.07, 6.45) is 12.0. The van der Waals surface area contributed by atoms with Crippen LogP contribution in [0.3, 0.4) is 0 Å². The summed E-state index contributed by atoms with van der Waals surface area (Å²) in [6.45, 7) is 22.1. The van der Waals surface area contributed by atoms with Gasteiger partial charge in [0.1, 0.15) is 0 Å². The first kappa shape index (κ1) is 22.1. The fraction of sp³-hybridized carbons (Fsp3) is 1.00. The van der Waals surface area contributed by atoms with Gasteiger partial charge in [-0.3, -0.25) is 9.80 Å². The molecular formula is C26H49N3. The van der Waals surface area contributed by atoms with E-state index in [0.29, 0.717) is 0 Å². The van der Waals surface area contributed by atoms with Gasteiger partial charge in [-0.15, -0.1) is 0 Å². The zero-order valence-electron chi connectivity index (χ0n) is 20.5. The van der Waals surface area contributed by atoms with Crippen LogP contribution in [0.15, 0.2) is 0 Å². The van der Waals surface area contributed by atoms with Gasteiger partial charge in [-0.1, -0.05) is 6.42 Å². The lowest BCUT2D eigenvalue weighted by Crippen LogP contribution is -2.61. The fourth-order valence-corrected chi connectivity index (χ4v) is 5.84. The first-order valence-electron chi connectivity index (χ1n) is 12.9. The third kappa shape index (κ3) is 5.04. The Labute approximate surface area is 181 Å². The molecule has 168 valence electrons. The number of hydrogen-bond donors (Lipinski definition) is 0. The maximum absolute atomic E-state index is 2.62. The van der Waals surface area contributed by atoms with Crippen LogP contribution in [-0.4, -0.2) is 72.1 Å². The van der Waals surface area contributed by atoms with Gasteiger partial charge in [0, 0.05) is 50.8 Å². The summed E-state index contributed by atoms with van der Waals surface area (Å²) in [4.78, 5) is 7.76. The summed E-state index contributed by atoms with van der Waals surface area (Å²) in [5, 5.41) is 0. The lowest BCUT2D eigenvalue weighted by molar-refractivity contribution is -0.0758. The summed E-state index contributed by atoms with van der Waals surface area (Å²) in [6, 6.07) is 2.35. The minimum absolute atomic E-state index is 0.778. The topological polar surface area (TPSA) is 9.72 Å². The third-order valence-electron chi connectivity index (χ3n) is 9.14. The summed E-state index contributed by atoms with van der Waals surface area (Å²) >= 11 is 0. The average molecular weight is 404 g/mol. The molecule has 3 nitrogen and oxygen atoms in total. The molecule has 3 aliphatic heterocycles. The molecule has 0 unspecified atom stereocenters. The Morgan fingerprint density at radius 2 is 0.828 bits per heavy atom. The van der Waals surface area contributed by atoms with Crippen molar-refractivity contribution in [1.82, 2.24) is 14.7 Å². The van der Waals surface area contributed by atoms with E-state index in [4.69, 9.17) is 0 Å². The molecule has 0 N–H and O–H groups in total. The van der Waals surface area contributed by atoms with E-state index >= 15 is 0 Å².